The second-order valence-corrected chi connectivity index (χ2v) is 10.7. The van der Waals surface area contributed by atoms with Gasteiger partial charge in [0.1, 0.15) is 5.75 Å². The third-order valence-electron chi connectivity index (χ3n) is 8.11. The topological polar surface area (TPSA) is 87.1 Å². The number of carbonyl (C=O) groups is 1. The van der Waals surface area contributed by atoms with Crippen LogP contribution in [0.1, 0.15) is 62.1 Å². The lowest BCUT2D eigenvalue weighted by molar-refractivity contribution is -0.0189. The summed E-state index contributed by atoms with van der Waals surface area (Å²) in [5, 5.41) is 8.76. The fourth-order valence-corrected chi connectivity index (χ4v) is 7.02. The zero-order valence-electron chi connectivity index (χ0n) is 21.1. The summed E-state index contributed by atoms with van der Waals surface area (Å²) in [4.78, 5) is 14.8. The molecule has 0 amide bonds. The lowest BCUT2D eigenvalue weighted by Crippen LogP contribution is -2.48. The summed E-state index contributed by atoms with van der Waals surface area (Å²) in [7, 11) is 1.66. The number of rotatable bonds is 10. The molecule has 0 spiro atoms. The number of benzene rings is 1. The van der Waals surface area contributed by atoms with Crippen LogP contribution in [0.15, 0.2) is 36.5 Å². The molecule has 1 aromatic carbocycles. The highest BCUT2D eigenvalue weighted by atomic mass is 16.7. The van der Waals surface area contributed by atoms with Crippen LogP contribution in [0.5, 0.6) is 11.6 Å². The molecule has 4 bridgehead atoms. The summed E-state index contributed by atoms with van der Waals surface area (Å²) in [6.45, 7) is 3.36. The van der Waals surface area contributed by atoms with Gasteiger partial charge in [0.15, 0.2) is 6.79 Å². The smallest absolute Gasteiger partial charge is 0.467 e. The predicted molar refractivity (Wildman–Crippen MR) is 136 cm³/mol. The van der Waals surface area contributed by atoms with E-state index in [9.17, 15) is 4.79 Å². The van der Waals surface area contributed by atoms with Crippen molar-refractivity contribution in [2.45, 2.75) is 50.9 Å². The Morgan fingerprint density at radius 3 is 2.42 bits per heavy atom. The van der Waals surface area contributed by atoms with Gasteiger partial charge >= 0.3 is 6.16 Å². The van der Waals surface area contributed by atoms with Gasteiger partial charge in [-0.3, -0.25) is 0 Å². The van der Waals surface area contributed by atoms with E-state index >= 15 is 0 Å². The summed E-state index contributed by atoms with van der Waals surface area (Å²) in [6.07, 6.45) is 10.2. The second-order valence-electron chi connectivity index (χ2n) is 10.7. The summed E-state index contributed by atoms with van der Waals surface area (Å²) < 4.78 is 21.5. The number of nitrogens with zero attached hydrogens (tertiary/aromatic N) is 1. The van der Waals surface area contributed by atoms with Crippen molar-refractivity contribution in [3.8, 4) is 11.6 Å². The van der Waals surface area contributed by atoms with Gasteiger partial charge in [0.25, 0.3) is 0 Å². The van der Waals surface area contributed by atoms with Crippen molar-refractivity contribution in [1.82, 2.24) is 4.98 Å². The molecule has 0 radical (unpaired) electrons. The molecule has 7 nitrogen and oxygen atoms in total. The molecule has 0 saturated heterocycles. The quantitative estimate of drug-likeness (QED) is 0.241. The molecule has 7 heteroatoms. The number of ether oxygens (including phenoxy) is 4. The van der Waals surface area contributed by atoms with E-state index in [1.54, 1.807) is 19.4 Å². The number of aromatic nitrogens is 1. The molecule has 192 valence electrons. The molecule has 2 aromatic rings. The molecule has 0 unspecified atom stereocenters. The third-order valence-corrected chi connectivity index (χ3v) is 8.11. The van der Waals surface area contributed by atoms with Gasteiger partial charge in [0, 0.05) is 24.9 Å². The minimum absolute atomic E-state index is 0.0654. The number of hydrogen-bond acceptors (Lipinski definition) is 6. The van der Waals surface area contributed by atoms with Crippen LogP contribution in [-0.4, -0.2) is 43.4 Å². The highest BCUT2D eigenvalue weighted by Crippen LogP contribution is 2.62. The van der Waals surface area contributed by atoms with E-state index in [1.165, 1.54) is 44.1 Å². The number of carboxylic acid groups (broad SMARTS) is 1. The van der Waals surface area contributed by atoms with E-state index in [2.05, 4.69) is 40.9 Å². The molecule has 1 heterocycles. The van der Waals surface area contributed by atoms with Crippen LogP contribution in [0, 0.1) is 17.8 Å². The Hall–Kier alpha value is -2.90. The summed E-state index contributed by atoms with van der Waals surface area (Å²) in [5.41, 5.74) is 4.65. The maximum atomic E-state index is 10.7. The Bertz CT molecular complexity index is 1070. The lowest BCUT2D eigenvalue weighted by Gasteiger charge is -2.57. The maximum Gasteiger partial charge on any atom is 0.512 e. The van der Waals surface area contributed by atoms with Crippen molar-refractivity contribution in [3.05, 3.63) is 53.2 Å². The molecule has 36 heavy (non-hydrogen) atoms. The van der Waals surface area contributed by atoms with Crippen LogP contribution in [0.4, 0.5) is 4.79 Å². The molecule has 1 N–H and O–H groups in total. The number of allylic oxidation sites excluding steroid dienone is 1. The fraction of sp³-hybridized carbons (Fsp3) is 0.517. The molecule has 4 fully saturated rings. The van der Waals surface area contributed by atoms with Crippen LogP contribution in [-0.2, 0) is 14.9 Å². The van der Waals surface area contributed by atoms with Crippen molar-refractivity contribution < 1.29 is 28.8 Å². The molecule has 0 atom stereocenters. The third kappa shape index (κ3) is 5.42. The summed E-state index contributed by atoms with van der Waals surface area (Å²) in [6, 6.07) is 9.91. The Morgan fingerprint density at radius 1 is 1.08 bits per heavy atom. The molecular weight excluding hydrogens is 458 g/mol. The molecule has 6 rings (SSSR count). The van der Waals surface area contributed by atoms with Gasteiger partial charge in [-0.1, -0.05) is 6.07 Å². The largest absolute Gasteiger partial charge is 0.512 e. The first-order valence-corrected chi connectivity index (χ1v) is 12.8. The zero-order chi connectivity index (χ0) is 25.1. The van der Waals surface area contributed by atoms with E-state index in [-0.39, 0.29) is 18.1 Å². The van der Waals surface area contributed by atoms with Crippen molar-refractivity contribution in [3.63, 3.8) is 0 Å². The Kier molecular flexibility index (Phi) is 7.30. The van der Waals surface area contributed by atoms with Crippen LogP contribution < -0.4 is 9.47 Å². The molecule has 1 aromatic heterocycles. The standard InChI is InChI=1S/C29H35NO6/c1-19(9-20-3-6-27(30-17-20)36-28(31)32)24-4-5-26(35-18-34-8-7-33-2)25(13-24)29-14-21-10-22(15-29)12-23(11-21)16-29/h3-6,9,13,17,21-23H,7-8,10-12,14-16,18H2,1-2H3,(H,31,32)/b19-9+. The van der Waals surface area contributed by atoms with Crippen LogP contribution in [0.25, 0.3) is 11.6 Å². The summed E-state index contributed by atoms with van der Waals surface area (Å²) >= 11 is 0. The molecule has 4 saturated carbocycles. The minimum atomic E-state index is -1.37. The van der Waals surface area contributed by atoms with Crippen molar-refractivity contribution in [1.29, 1.82) is 0 Å². The highest BCUT2D eigenvalue weighted by molar-refractivity contribution is 5.80. The lowest BCUT2D eigenvalue weighted by atomic mass is 9.48. The first-order chi connectivity index (χ1) is 17.4. The molecule has 4 aliphatic rings. The molecular formula is C29H35NO6. The van der Waals surface area contributed by atoms with E-state index in [4.69, 9.17) is 19.3 Å². The van der Waals surface area contributed by atoms with Crippen molar-refractivity contribution in [2.75, 3.05) is 27.1 Å². The number of methoxy groups -OCH3 is 1. The van der Waals surface area contributed by atoms with E-state index < -0.39 is 6.16 Å². The molecule has 0 aliphatic heterocycles. The van der Waals surface area contributed by atoms with Gasteiger partial charge in [-0.05, 0) is 110 Å². The van der Waals surface area contributed by atoms with E-state index in [0.717, 1.165) is 40.2 Å². The number of hydrogen-bond donors (Lipinski definition) is 1. The van der Waals surface area contributed by atoms with Crippen LogP contribution >= 0.6 is 0 Å². The highest BCUT2D eigenvalue weighted by Gasteiger charge is 2.52. The minimum Gasteiger partial charge on any atom is -0.467 e. The van der Waals surface area contributed by atoms with Crippen LogP contribution in [0.3, 0.4) is 0 Å². The average molecular weight is 494 g/mol. The average Bonchev–Trinajstić information content (AvgIpc) is 2.84. The summed E-state index contributed by atoms with van der Waals surface area (Å²) in [5.74, 6) is 3.50. The predicted octanol–water partition coefficient (Wildman–Crippen LogP) is 6.17. The molecule has 4 aliphatic carbocycles. The van der Waals surface area contributed by atoms with Gasteiger partial charge in [0.2, 0.25) is 5.88 Å². The number of pyridine rings is 1. The second kappa shape index (κ2) is 10.6. The fourth-order valence-electron chi connectivity index (χ4n) is 7.02. The zero-order valence-corrected chi connectivity index (χ0v) is 21.1. The van der Waals surface area contributed by atoms with E-state index in [1.807, 2.05) is 6.07 Å². The Balaban J connectivity index is 1.42. The normalized spacial score (nSPS) is 26.7. The Morgan fingerprint density at radius 2 is 1.81 bits per heavy atom. The maximum absolute atomic E-state index is 10.7. The van der Waals surface area contributed by atoms with Crippen molar-refractivity contribution >= 4 is 17.8 Å². The SMILES string of the molecule is COCCOCOc1ccc(/C(C)=C/c2ccc(OC(=O)O)nc2)cc1C12CC3CC(CC(C3)C1)C2. The van der Waals surface area contributed by atoms with Crippen molar-refractivity contribution in [2.24, 2.45) is 17.8 Å². The van der Waals surface area contributed by atoms with Gasteiger partial charge < -0.3 is 24.1 Å². The van der Waals surface area contributed by atoms with E-state index in [0.29, 0.717) is 13.2 Å². The van der Waals surface area contributed by atoms with Gasteiger partial charge in [-0.25, -0.2) is 9.78 Å². The van der Waals surface area contributed by atoms with Gasteiger partial charge in [-0.2, -0.15) is 0 Å². The first-order valence-electron chi connectivity index (χ1n) is 12.8. The Labute approximate surface area is 212 Å². The van der Waals surface area contributed by atoms with Gasteiger partial charge in [-0.15, -0.1) is 0 Å². The van der Waals surface area contributed by atoms with Crippen LogP contribution in [0.2, 0.25) is 0 Å². The monoisotopic (exact) mass is 493 g/mol. The van der Waals surface area contributed by atoms with Gasteiger partial charge in [0.05, 0.1) is 13.2 Å². The first kappa shape index (κ1) is 24.8.